The fourth-order valence-corrected chi connectivity index (χ4v) is 1.95. The van der Waals surface area contributed by atoms with Gasteiger partial charge >= 0.3 is 0 Å². The van der Waals surface area contributed by atoms with Crippen LogP contribution in [0, 0.1) is 0 Å². The average molecular weight is 192 g/mol. The lowest BCUT2D eigenvalue weighted by Crippen LogP contribution is -2.09. The second kappa shape index (κ2) is 5.14. The summed E-state index contributed by atoms with van der Waals surface area (Å²) in [5.74, 6) is 0.363. The second-order valence-electron chi connectivity index (χ2n) is 4.32. The summed E-state index contributed by atoms with van der Waals surface area (Å²) >= 11 is 0. The monoisotopic (exact) mass is 192 g/mol. The Morgan fingerprint density at radius 2 is 2.14 bits per heavy atom. The topological polar surface area (TPSA) is 17.1 Å². The molecule has 0 radical (unpaired) electrons. The normalized spacial score (nSPS) is 17.4. The maximum Gasteiger partial charge on any atom is 0.158 e. The number of hydrogen-bond acceptors (Lipinski definition) is 1. The Hall–Kier alpha value is -0.850. The van der Waals surface area contributed by atoms with Crippen molar-refractivity contribution in [1.29, 1.82) is 0 Å². The first-order valence-electron chi connectivity index (χ1n) is 5.47. The van der Waals surface area contributed by atoms with Gasteiger partial charge in [-0.2, -0.15) is 0 Å². The molecule has 1 aliphatic rings. The third-order valence-corrected chi connectivity index (χ3v) is 2.91. The van der Waals surface area contributed by atoms with Crippen molar-refractivity contribution in [3.63, 3.8) is 0 Å². The van der Waals surface area contributed by atoms with Crippen molar-refractivity contribution in [1.82, 2.24) is 0 Å². The zero-order valence-electron chi connectivity index (χ0n) is 9.36. The summed E-state index contributed by atoms with van der Waals surface area (Å²) < 4.78 is 0. The highest BCUT2D eigenvalue weighted by atomic mass is 16.1. The molecule has 0 unspecified atom stereocenters. The van der Waals surface area contributed by atoms with Gasteiger partial charge in [-0.1, -0.05) is 11.1 Å². The SMILES string of the molecule is C=C(C)CCCC1=C(C)C(=O)CCC1. The Bertz CT molecular complexity index is 271. The van der Waals surface area contributed by atoms with Crippen molar-refractivity contribution >= 4 is 5.78 Å². The molecule has 14 heavy (non-hydrogen) atoms. The van der Waals surface area contributed by atoms with E-state index in [1.54, 1.807) is 0 Å². The molecular weight excluding hydrogens is 172 g/mol. The summed E-state index contributed by atoms with van der Waals surface area (Å²) in [5.41, 5.74) is 3.67. The van der Waals surface area contributed by atoms with Gasteiger partial charge in [0.25, 0.3) is 0 Å². The molecule has 0 saturated heterocycles. The van der Waals surface area contributed by atoms with Gasteiger partial charge in [-0.3, -0.25) is 4.79 Å². The standard InChI is InChI=1S/C13H20O/c1-10(2)6-4-7-12-8-5-9-13(14)11(12)3/h1,4-9H2,2-3H3. The highest BCUT2D eigenvalue weighted by Crippen LogP contribution is 2.26. The molecule has 0 atom stereocenters. The molecule has 78 valence electrons. The van der Waals surface area contributed by atoms with E-state index in [2.05, 4.69) is 13.5 Å². The molecule has 1 rings (SSSR count). The van der Waals surface area contributed by atoms with Crippen LogP contribution in [-0.2, 0) is 4.79 Å². The molecule has 1 heteroatoms. The second-order valence-corrected chi connectivity index (χ2v) is 4.32. The van der Waals surface area contributed by atoms with Crippen molar-refractivity contribution in [2.45, 2.75) is 52.4 Å². The lowest BCUT2D eigenvalue weighted by Gasteiger charge is -2.16. The third-order valence-electron chi connectivity index (χ3n) is 2.91. The molecule has 1 nitrogen and oxygen atoms in total. The summed E-state index contributed by atoms with van der Waals surface area (Å²) in [6.07, 6.45) is 6.27. The summed E-state index contributed by atoms with van der Waals surface area (Å²) in [7, 11) is 0. The van der Waals surface area contributed by atoms with Crippen LogP contribution in [0.5, 0.6) is 0 Å². The minimum Gasteiger partial charge on any atom is -0.295 e. The molecule has 0 heterocycles. The zero-order chi connectivity index (χ0) is 10.6. The van der Waals surface area contributed by atoms with E-state index in [1.807, 2.05) is 6.92 Å². The lowest BCUT2D eigenvalue weighted by atomic mass is 9.88. The Kier molecular flexibility index (Phi) is 4.12. The van der Waals surface area contributed by atoms with E-state index >= 15 is 0 Å². The first kappa shape index (κ1) is 11.2. The van der Waals surface area contributed by atoms with Crippen LogP contribution in [0.15, 0.2) is 23.3 Å². The maximum absolute atomic E-state index is 11.4. The Morgan fingerprint density at radius 3 is 2.79 bits per heavy atom. The Morgan fingerprint density at radius 1 is 1.43 bits per heavy atom. The van der Waals surface area contributed by atoms with Gasteiger partial charge in [0, 0.05) is 6.42 Å². The summed E-state index contributed by atoms with van der Waals surface area (Å²) in [5, 5.41) is 0. The Balaban J connectivity index is 2.46. The fraction of sp³-hybridized carbons (Fsp3) is 0.615. The van der Waals surface area contributed by atoms with Gasteiger partial charge in [-0.25, -0.2) is 0 Å². The highest BCUT2D eigenvalue weighted by molar-refractivity contribution is 5.96. The average Bonchev–Trinajstić information content (AvgIpc) is 2.12. The van der Waals surface area contributed by atoms with Crippen LogP contribution in [0.1, 0.15) is 52.4 Å². The molecule has 0 bridgehead atoms. The van der Waals surface area contributed by atoms with Crippen molar-refractivity contribution < 1.29 is 4.79 Å². The molecule has 0 aliphatic heterocycles. The summed E-state index contributed by atoms with van der Waals surface area (Å²) in [4.78, 5) is 11.4. The predicted octanol–water partition coefficient (Wildman–Crippen LogP) is 3.80. The number of hydrogen-bond donors (Lipinski definition) is 0. The molecule has 0 aromatic heterocycles. The predicted molar refractivity (Wildman–Crippen MR) is 60.2 cm³/mol. The maximum atomic E-state index is 11.4. The molecule has 0 aromatic rings. The van der Waals surface area contributed by atoms with Gasteiger partial charge in [0.15, 0.2) is 5.78 Å². The molecule has 0 fully saturated rings. The van der Waals surface area contributed by atoms with Crippen molar-refractivity contribution in [2.24, 2.45) is 0 Å². The van der Waals surface area contributed by atoms with Gasteiger partial charge < -0.3 is 0 Å². The fourth-order valence-electron chi connectivity index (χ4n) is 1.95. The van der Waals surface area contributed by atoms with E-state index in [0.717, 1.165) is 44.1 Å². The number of carbonyl (C=O) groups excluding carboxylic acids is 1. The number of ketones is 1. The largest absolute Gasteiger partial charge is 0.295 e. The van der Waals surface area contributed by atoms with Gasteiger partial charge in [0.2, 0.25) is 0 Å². The van der Waals surface area contributed by atoms with Gasteiger partial charge in [-0.05, 0) is 51.5 Å². The van der Waals surface area contributed by atoms with Gasteiger partial charge in [0.1, 0.15) is 0 Å². The molecule has 0 N–H and O–H groups in total. The molecule has 0 saturated carbocycles. The van der Waals surface area contributed by atoms with Gasteiger partial charge in [0.05, 0.1) is 0 Å². The van der Waals surface area contributed by atoms with Crippen LogP contribution in [0.2, 0.25) is 0 Å². The van der Waals surface area contributed by atoms with Crippen molar-refractivity contribution in [3.8, 4) is 0 Å². The molecule has 1 aliphatic carbocycles. The van der Waals surface area contributed by atoms with E-state index in [1.165, 1.54) is 11.1 Å². The van der Waals surface area contributed by atoms with Crippen LogP contribution in [0.25, 0.3) is 0 Å². The van der Waals surface area contributed by atoms with E-state index in [0.29, 0.717) is 5.78 Å². The molecule has 0 spiro atoms. The number of Topliss-reactive ketones (excluding diaryl/α,β-unsaturated/α-hetero) is 1. The van der Waals surface area contributed by atoms with E-state index in [-0.39, 0.29) is 0 Å². The van der Waals surface area contributed by atoms with Crippen molar-refractivity contribution in [2.75, 3.05) is 0 Å². The first-order chi connectivity index (χ1) is 6.61. The van der Waals surface area contributed by atoms with Crippen LogP contribution in [0.4, 0.5) is 0 Å². The number of rotatable bonds is 4. The smallest absolute Gasteiger partial charge is 0.158 e. The van der Waals surface area contributed by atoms with E-state index in [4.69, 9.17) is 0 Å². The third kappa shape index (κ3) is 3.13. The van der Waals surface area contributed by atoms with E-state index in [9.17, 15) is 4.79 Å². The van der Waals surface area contributed by atoms with Crippen LogP contribution in [0.3, 0.4) is 0 Å². The summed E-state index contributed by atoms with van der Waals surface area (Å²) in [6, 6.07) is 0. The Labute approximate surface area is 86.9 Å². The molecule has 0 amide bonds. The van der Waals surface area contributed by atoms with Crippen LogP contribution < -0.4 is 0 Å². The van der Waals surface area contributed by atoms with Crippen LogP contribution in [-0.4, -0.2) is 5.78 Å². The molecular formula is C13H20O. The van der Waals surface area contributed by atoms with Crippen LogP contribution >= 0.6 is 0 Å². The number of carbonyl (C=O) groups is 1. The first-order valence-corrected chi connectivity index (χ1v) is 5.47. The lowest BCUT2D eigenvalue weighted by molar-refractivity contribution is -0.116. The van der Waals surface area contributed by atoms with E-state index < -0.39 is 0 Å². The minimum atomic E-state index is 0.363. The molecule has 0 aromatic carbocycles. The highest BCUT2D eigenvalue weighted by Gasteiger charge is 2.15. The number of allylic oxidation sites excluding steroid dienone is 3. The van der Waals surface area contributed by atoms with Crippen molar-refractivity contribution in [3.05, 3.63) is 23.3 Å². The summed E-state index contributed by atoms with van der Waals surface area (Å²) in [6.45, 7) is 7.94. The zero-order valence-corrected chi connectivity index (χ0v) is 9.36. The minimum absolute atomic E-state index is 0.363. The quantitative estimate of drug-likeness (QED) is 0.619. The van der Waals surface area contributed by atoms with Gasteiger partial charge in [-0.15, -0.1) is 6.58 Å².